The molecule has 1 heterocycles. The first-order valence-corrected chi connectivity index (χ1v) is 7.73. The van der Waals surface area contributed by atoms with Crippen LogP contribution in [0.15, 0.2) is 24.3 Å². The molecule has 0 aliphatic carbocycles. The summed E-state index contributed by atoms with van der Waals surface area (Å²) in [6.45, 7) is 0. The van der Waals surface area contributed by atoms with Crippen molar-refractivity contribution in [3.05, 3.63) is 24.3 Å². The Balaban J connectivity index is 1.91. The lowest BCUT2D eigenvalue weighted by molar-refractivity contribution is 0.249. The number of nitrogens with one attached hydrogen (secondary N) is 2. The van der Waals surface area contributed by atoms with Gasteiger partial charge in [-0.1, -0.05) is 6.07 Å². The van der Waals surface area contributed by atoms with Crippen molar-refractivity contribution in [1.29, 1.82) is 0 Å². The van der Waals surface area contributed by atoms with Gasteiger partial charge in [-0.2, -0.15) is 0 Å². The molecular formula is C12H16N2O4S. The van der Waals surface area contributed by atoms with Gasteiger partial charge in [0.25, 0.3) is 0 Å². The lowest BCUT2D eigenvalue weighted by Crippen LogP contribution is -2.38. The molecule has 104 valence electrons. The molecule has 0 bridgehead atoms. The van der Waals surface area contributed by atoms with Crippen LogP contribution in [0.25, 0.3) is 0 Å². The van der Waals surface area contributed by atoms with Crippen LogP contribution in [-0.2, 0) is 9.84 Å². The molecule has 0 aromatic heterocycles. The highest BCUT2D eigenvalue weighted by Crippen LogP contribution is 2.17. The summed E-state index contributed by atoms with van der Waals surface area (Å²) in [5, 5.41) is 5.30. The number of carbonyl (C=O) groups excluding carboxylic acids is 1. The van der Waals surface area contributed by atoms with Gasteiger partial charge in [0.1, 0.15) is 5.75 Å². The van der Waals surface area contributed by atoms with Gasteiger partial charge < -0.3 is 15.4 Å². The zero-order chi connectivity index (χ0) is 13.9. The van der Waals surface area contributed by atoms with Crippen LogP contribution in [0.4, 0.5) is 10.5 Å². The molecule has 6 nitrogen and oxygen atoms in total. The Hall–Kier alpha value is -1.76. The number of ether oxygens (including phenoxy) is 1. The van der Waals surface area contributed by atoms with Crippen molar-refractivity contribution >= 4 is 21.6 Å². The smallest absolute Gasteiger partial charge is 0.319 e. The second-order valence-corrected chi connectivity index (χ2v) is 6.66. The van der Waals surface area contributed by atoms with E-state index in [2.05, 4.69) is 10.6 Å². The number of anilines is 1. The minimum Gasteiger partial charge on any atom is -0.497 e. The SMILES string of the molecule is COc1cccc(NC(=O)NC2CCS(=O)(=O)C2)c1. The summed E-state index contributed by atoms with van der Waals surface area (Å²) < 4.78 is 27.6. The summed E-state index contributed by atoms with van der Waals surface area (Å²) in [5.74, 6) is 0.788. The molecule has 1 aliphatic heterocycles. The highest BCUT2D eigenvalue weighted by molar-refractivity contribution is 7.91. The molecule has 1 atom stereocenters. The number of rotatable bonds is 3. The predicted molar refractivity (Wildman–Crippen MR) is 72.2 cm³/mol. The fourth-order valence-corrected chi connectivity index (χ4v) is 3.64. The van der Waals surface area contributed by atoms with Crippen LogP contribution in [0.5, 0.6) is 5.75 Å². The molecule has 1 unspecified atom stereocenters. The maximum Gasteiger partial charge on any atom is 0.319 e. The van der Waals surface area contributed by atoms with Crippen LogP contribution in [0, 0.1) is 0 Å². The van der Waals surface area contributed by atoms with Crippen LogP contribution in [0.3, 0.4) is 0 Å². The monoisotopic (exact) mass is 284 g/mol. The molecule has 0 spiro atoms. The molecule has 0 radical (unpaired) electrons. The van der Waals surface area contributed by atoms with E-state index in [0.29, 0.717) is 17.9 Å². The molecule has 7 heteroatoms. The Bertz CT molecular complexity index is 571. The van der Waals surface area contributed by atoms with Gasteiger partial charge in [-0.15, -0.1) is 0 Å². The first-order valence-electron chi connectivity index (χ1n) is 5.90. The minimum atomic E-state index is -2.99. The van der Waals surface area contributed by atoms with Gasteiger partial charge in [0.2, 0.25) is 0 Å². The summed E-state index contributed by atoms with van der Waals surface area (Å²) in [6.07, 6.45) is 0.466. The quantitative estimate of drug-likeness (QED) is 0.867. The number of carbonyl (C=O) groups is 1. The van der Waals surface area contributed by atoms with Crippen molar-refractivity contribution in [2.75, 3.05) is 23.9 Å². The molecule has 19 heavy (non-hydrogen) atoms. The molecule has 2 N–H and O–H groups in total. The zero-order valence-electron chi connectivity index (χ0n) is 10.5. The number of hydrogen-bond acceptors (Lipinski definition) is 4. The van der Waals surface area contributed by atoms with E-state index in [-0.39, 0.29) is 17.5 Å². The van der Waals surface area contributed by atoms with Crippen molar-refractivity contribution in [3.8, 4) is 5.75 Å². The fraction of sp³-hybridized carbons (Fsp3) is 0.417. The van der Waals surface area contributed by atoms with Crippen molar-refractivity contribution in [1.82, 2.24) is 5.32 Å². The van der Waals surface area contributed by atoms with E-state index >= 15 is 0 Å². The summed E-state index contributed by atoms with van der Waals surface area (Å²) >= 11 is 0. The first-order chi connectivity index (χ1) is 8.98. The second kappa shape index (κ2) is 5.48. The molecule has 1 aromatic carbocycles. The summed E-state index contributed by atoms with van der Waals surface area (Å²) in [7, 11) is -1.44. The van der Waals surface area contributed by atoms with Gasteiger partial charge in [0.15, 0.2) is 9.84 Å². The Morgan fingerprint density at radius 3 is 2.84 bits per heavy atom. The molecule has 2 amide bonds. The molecule has 0 saturated carbocycles. The lowest BCUT2D eigenvalue weighted by atomic mass is 10.2. The molecule has 1 saturated heterocycles. The van der Waals surface area contributed by atoms with Gasteiger partial charge in [0, 0.05) is 17.8 Å². The summed E-state index contributed by atoms with van der Waals surface area (Å²) in [4.78, 5) is 11.7. The average Bonchev–Trinajstić information content (AvgIpc) is 2.68. The molecule has 1 fully saturated rings. The highest BCUT2D eigenvalue weighted by atomic mass is 32.2. The van der Waals surface area contributed by atoms with Crippen LogP contribution < -0.4 is 15.4 Å². The fourth-order valence-electron chi connectivity index (χ4n) is 1.96. The summed E-state index contributed by atoms with van der Waals surface area (Å²) in [5.41, 5.74) is 0.595. The Labute approximate surface area is 112 Å². The van der Waals surface area contributed by atoms with E-state index in [4.69, 9.17) is 4.74 Å². The maximum atomic E-state index is 11.7. The van der Waals surface area contributed by atoms with Crippen molar-refractivity contribution in [2.45, 2.75) is 12.5 Å². The predicted octanol–water partition coefficient (Wildman–Crippen LogP) is 1.00. The van der Waals surface area contributed by atoms with E-state index in [0.717, 1.165) is 0 Å². The minimum absolute atomic E-state index is 0.0124. The van der Waals surface area contributed by atoms with Crippen molar-refractivity contribution < 1.29 is 17.9 Å². The van der Waals surface area contributed by atoms with Gasteiger partial charge in [-0.05, 0) is 18.6 Å². The molecular weight excluding hydrogens is 268 g/mol. The average molecular weight is 284 g/mol. The standard InChI is InChI=1S/C12H16N2O4S/c1-18-11-4-2-3-9(7-11)13-12(15)14-10-5-6-19(16,17)8-10/h2-4,7,10H,5-6,8H2,1H3,(H2,13,14,15). The largest absolute Gasteiger partial charge is 0.497 e. The highest BCUT2D eigenvalue weighted by Gasteiger charge is 2.28. The molecule has 1 aliphatic rings. The Morgan fingerprint density at radius 1 is 1.42 bits per heavy atom. The van der Waals surface area contributed by atoms with Crippen LogP contribution in [0.2, 0.25) is 0 Å². The topological polar surface area (TPSA) is 84.5 Å². The van der Waals surface area contributed by atoms with Gasteiger partial charge in [-0.25, -0.2) is 13.2 Å². The first kappa shape index (κ1) is 13.7. The number of amides is 2. The number of methoxy groups -OCH3 is 1. The third-order valence-corrected chi connectivity index (χ3v) is 4.66. The second-order valence-electron chi connectivity index (χ2n) is 4.43. The Kier molecular flexibility index (Phi) is 3.94. The van der Waals surface area contributed by atoms with Crippen LogP contribution in [-0.4, -0.2) is 39.1 Å². The zero-order valence-corrected chi connectivity index (χ0v) is 11.4. The van der Waals surface area contributed by atoms with Crippen LogP contribution >= 0.6 is 0 Å². The third-order valence-electron chi connectivity index (χ3n) is 2.90. The number of urea groups is 1. The maximum absolute atomic E-state index is 11.7. The normalized spacial score (nSPS) is 20.8. The van der Waals surface area contributed by atoms with E-state index in [9.17, 15) is 13.2 Å². The van der Waals surface area contributed by atoms with Crippen LogP contribution in [0.1, 0.15) is 6.42 Å². The van der Waals surface area contributed by atoms with E-state index < -0.39 is 15.9 Å². The van der Waals surface area contributed by atoms with Gasteiger partial charge >= 0.3 is 6.03 Å². The molecule has 1 aromatic rings. The lowest BCUT2D eigenvalue weighted by Gasteiger charge is -2.12. The summed E-state index contributed by atoms with van der Waals surface area (Å²) in [6, 6.07) is 6.23. The van der Waals surface area contributed by atoms with E-state index in [1.165, 1.54) is 0 Å². The number of hydrogen-bond donors (Lipinski definition) is 2. The van der Waals surface area contributed by atoms with Gasteiger partial charge in [-0.3, -0.25) is 0 Å². The van der Waals surface area contributed by atoms with Crippen molar-refractivity contribution in [3.63, 3.8) is 0 Å². The third kappa shape index (κ3) is 3.85. The van der Waals surface area contributed by atoms with Gasteiger partial charge in [0.05, 0.1) is 18.6 Å². The van der Waals surface area contributed by atoms with Crippen molar-refractivity contribution in [2.24, 2.45) is 0 Å². The molecule has 2 rings (SSSR count). The van der Waals surface area contributed by atoms with E-state index in [1.54, 1.807) is 31.4 Å². The van der Waals surface area contributed by atoms with E-state index in [1.807, 2.05) is 0 Å². The number of sulfone groups is 1. The number of benzene rings is 1. The Morgan fingerprint density at radius 2 is 2.21 bits per heavy atom.